The van der Waals surface area contributed by atoms with E-state index in [0.29, 0.717) is 23.7 Å². The van der Waals surface area contributed by atoms with E-state index in [4.69, 9.17) is 0 Å². The van der Waals surface area contributed by atoms with E-state index in [0.717, 1.165) is 60.1 Å². The van der Waals surface area contributed by atoms with Crippen molar-refractivity contribution < 1.29 is 8.42 Å². The number of fused-ring (bicyclic) bond motifs is 1. The maximum atomic E-state index is 13.4. The van der Waals surface area contributed by atoms with Crippen molar-refractivity contribution in [2.24, 2.45) is 0 Å². The number of pyridine rings is 1. The minimum Gasteiger partial charge on any atom is -0.355 e. The molecule has 0 amide bonds. The molecule has 33 heavy (non-hydrogen) atoms. The molecule has 2 atom stereocenters. The third kappa shape index (κ3) is 4.05. The van der Waals surface area contributed by atoms with Gasteiger partial charge in [-0.25, -0.2) is 18.1 Å². The van der Waals surface area contributed by atoms with Gasteiger partial charge in [0.25, 0.3) is 0 Å². The van der Waals surface area contributed by atoms with Crippen LogP contribution in [0, 0.1) is 0 Å². The van der Waals surface area contributed by atoms with Crippen molar-refractivity contribution in [3.05, 3.63) is 23.5 Å². The number of nitrogens with zero attached hydrogens (tertiary/aromatic N) is 5. The molecule has 9 nitrogen and oxygen atoms in total. The Morgan fingerprint density at radius 2 is 1.88 bits per heavy atom. The van der Waals surface area contributed by atoms with Gasteiger partial charge in [-0.3, -0.25) is 4.40 Å². The molecule has 1 aliphatic heterocycles. The Balaban J connectivity index is 1.49. The van der Waals surface area contributed by atoms with Crippen molar-refractivity contribution in [2.75, 3.05) is 18.0 Å². The van der Waals surface area contributed by atoms with Gasteiger partial charge in [-0.1, -0.05) is 11.3 Å². The van der Waals surface area contributed by atoms with E-state index in [1.165, 1.54) is 0 Å². The molecule has 3 aromatic heterocycles. The van der Waals surface area contributed by atoms with Crippen molar-refractivity contribution in [1.29, 1.82) is 0 Å². The van der Waals surface area contributed by atoms with Gasteiger partial charge in [-0.05, 0) is 58.6 Å². The van der Waals surface area contributed by atoms with Crippen LogP contribution in [0.1, 0.15) is 57.4 Å². The Hall–Kier alpha value is -2.08. The summed E-state index contributed by atoms with van der Waals surface area (Å²) in [6, 6.07) is 4.10. The summed E-state index contributed by atoms with van der Waals surface area (Å²) in [5.41, 5.74) is 1.09. The maximum absolute atomic E-state index is 13.4. The minimum atomic E-state index is -3.68. The Kier molecular flexibility index (Phi) is 4.85. The number of aromatic nitrogens is 4. The van der Waals surface area contributed by atoms with Crippen molar-refractivity contribution in [1.82, 2.24) is 29.6 Å². The van der Waals surface area contributed by atoms with Crippen LogP contribution in [-0.2, 0) is 10.0 Å². The molecule has 0 spiro atoms. The fourth-order valence-corrected chi connectivity index (χ4v) is 7.14. The number of anilines is 1. The van der Waals surface area contributed by atoms with E-state index in [2.05, 4.69) is 44.0 Å². The molecule has 0 aromatic carbocycles. The normalized spacial score (nSPS) is 25.0. The Morgan fingerprint density at radius 3 is 2.55 bits per heavy atom. The molecule has 0 radical (unpaired) electrons. The summed E-state index contributed by atoms with van der Waals surface area (Å²) in [6.07, 6.45) is 5.83. The van der Waals surface area contributed by atoms with Gasteiger partial charge in [0.1, 0.15) is 22.8 Å². The molecule has 11 heteroatoms. The lowest BCUT2D eigenvalue weighted by atomic mass is 10.1. The van der Waals surface area contributed by atoms with Gasteiger partial charge < -0.3 is 10.2 Å². The predicted molar refractivity (Wildman–Crippen MR) is 128 cm³/mol. The fraction of sp³-hybridized carbons (Fsp3) is 0.591. The molecule has 3 aromatic rings. The molecule has 6 rings (SSSR count). The van der Waals surface area contributed by atoms with Crippen LogP contribution in [-0.4, -0.2) is 58.7 Å². The van der Waals surface area contributed by atoms with E-state index in [9.17, 15) is 8.42 Å². The first-order valence-corrected chi connectivity index (χ1v) is 13.9. The second kappa shape index (κ2) is 7.46. The average Bonchev–Trinajstić information content (AvgIpc) is 3.62. The van der Waals surface area contributed by atoms with Crippen LogP contribution >= 0.6 is 11.3 Å². The van der Waals surface area contributed by atoms with Crippen LogP contribution in [0.15, 0.2) is 23.4 Å². The standard InChI is InChI=1S/C22H29N7O2S2/c1-13-10-28(11-14(2)24-13)18-9-16(33(30,31)27-22(3)6-7-22)8-17-19(23-12-29(17)18)21-26-25-20(32-21)15-4-5-15/h8-9,12-15,24,27H,4-7,10-11H2,1-3H3/t13-,14-/m0/s1. The predicted octanol–water partition coefficient (Wildman–Crippen LogP) is 2.75. The lowest BCUT2D eigenvalue weighted by molar-refractivity contribution is 0.404. The van der Waals surface area contributed by atoms with E-state index < -0.39 is 10.0 Å². The zero-order valence-corrected chi connectivity index (χ0v) is 20.7. The zero-order chi connectivity index (χ0) is 23.0. The number of hydrogen-bond donors (Lipinski definition) is 2. The number of sulfonamides is 1. The number of hydrogen-bond acceptors (Lipinski definition) is 8. The Morgan fingerprint density at radius 1 is 1.15 bits per heavy atom. The highest BCUT2D eigenvalue weighted by Crippen LogP contribution is 2.43. The first-order valence-electron chi connectivity index (χ1n) is 11.6. The van der Waals surface area contributed by atoms with Crippen molar-refractivity contribution >= 4 is 32.7 Å². The van der Waals surface area contributed by atoms with Crippen LogP contribution in [0.5, 0.6) is 0 Å². The lowest BCUT2D eigenvalue weighted by Crippen LogP contribution is -2.54. The molecule has 3 aliphatic rings. The Bertz CT molecular complexity index is 1310. The zero-order valence-electron chi connectivity index (χ0n) is 19.1. The molecule has 0 unspecified atom stereocenters. The summed E-state index contributed by atoms with van der Waals surface area (Å²) in [4.78, 5) is 7.19. The van der Waals surface area contributed by atoms with Gasteiger partial charge in [0.05, 0.1) is 10.4 Å². The van der Waals surface area contributed by atoms with Crippen molar-refractivity contribution in [3.8, 4) is 10.7 Å². The third-order valence-electron chi connectivity index (χ3n) is 6.74. The number of nitrogens with one attached hydrogen (secondary N) is 2. The highest BCUT2D eigenvalue weighted by molar-refractivity contribution is 7.89. The van der Waals surface area contributed by atoms with E-state index in [1.807, 2.05) is 11.3 Å². The van der Waals surface area contributed by atoms with Crippen LogP contribution in [0.3, 0.4) is 0 Å². The quantitative estimate of drug-likeness (QED) is 0.551. The highest BCUT2D eigenvalue weighted by Gasteiger charge is 2.41. The molecule has 3 fully saturated rings. The van der Waals surface area contributed by atoms with Crippen LogP contribution in [0.2, 0.25) is 0 Å². The van der Waals surface area contributed by atoms with Gasteiger partial charge in [0, 0.05) is 36.6 Å². The number of rotatable bonds is 6. The van der Waals surface area contributed by atoms with Gasteiger partial charge in [-0.15, -0.1) is 10.2 Å². The van der Waals surface area contributed by atoms with Crippen LogP contribution in [0.4, 0.5) is 5.82 Å². The lowest BCUT2D eigenvalue weighted by Gasteiger charge is -2.38. The minimum absolute atomic E-state index is 0.269. The average molecular weight is 488 g/mol. The molecule has 0 bridgehead atoms. The molecule has 176 valence electrons. The van der Waals surface area contributed by atoms with Gasteiger partial charge in [0.15, 0.2) is 5.01 Å². The first-order chi connectivity index (χ1) is 15.7. The van der Waals surface area contributed by atoms with Crippen LogP contribution in [0.25, 0.3) is 16.2 Å². The monoisotopic (exact) mass is 487 g/mol. The molecule has 4 heterocycles. The van der Waals surface area contributed by atoms with Gasteiger partial charge in [-0.2, -0.15) is 0 Å². The Labute approximate surface area is 197 Å². The largest absolute Gasteiger partial charge is 0.355 e. The summed E-state index contributed by atoms with van der Waals surface area (Å²) in [6.45, 7) is 7.82. The second-order valence-electron chi connectivity index (χ2n) is 10.2. The smallest absolute Gasteiger partial charge is 0.241 e. The van der Waals surface area contributed by atoms with E-state index in [-0.39, 0.29) is 10.4 Å². The van der Waals surface area contributed by atoms with Crippen molar-refractivity contribution in [3.63, 3.8) is 0 Å². The number of piperazine rings is 1. The first kappa shape index (κ1) is 21.5. The van der Waals surface area contributed by atoms with Gasteiger partial charge in [0.2, 0.25) is 10.0 Å². The second-order valence-corrected chi connectivity index (χ2v) is 12.8. The summed E-state index contributed by atoms with van der Waals surface area (Å²) >= 11 is 1.56. The summed E-state index contributed by atoms with van der Waals surface area (Å²) < 4.78 is 31.6. The SMILES string of the molecule is C[C@H]1CN(c2cc(S(=O)(=O)NC3(C)CC3)cc3c(-c4nnc(C5CC5)s4)ncn23)C[C@H](C)N1. The highest BCUT2D eigenvalue weighted by atomic mass is 32.2. The summed E-state index contributed by atoms with van der Waals surface area (Å²) in [5.74, 6) is 1.35. The topological polar surface area (TPSA) is 105 Å². The van der Waals surface area contributed by atoms with Gasteiger partial charge >= 0.3 is 0 Å². The summed E-state index contributed by atoms with van der Waals surface area (Å²) in [7, 11) is -3.68. The third-order valence-corrected chi connectivity index (χ3v) is 9.45. The van der Waals surface area contributed by atoms with Crippen LogP contribution < -0.4 is 14.9 Å². The molecule has 1 saturated heterocycles. The van der Waals surface area contributed by atoms with Crippen molar-refractivity contribution in [2.45, 2.75) is 74.9 Å². The number of imidazole rings is 1. The van der Waals surface area contributed by atoms with E-state index in [1.54, 1.807) is 29.8 Å². The fourth-order valence-electron chi connectivity index (χ4n) is 4.63. The molecule has 2 N–H and O–H groups in total. The molecule has 2 saturated carbocycles. The molecular formula is C22H29N7O2S2. The maximum Gasteiger partial charge on any atom is 0.241 e. The molecular weight excluding hydrogens is 458 g/mol. The molecule has 2 aliphatic carbocycles. The summed E-state index contributed by atoms with van der Waals surface area (Å²) in [5, 5.41) is 14.1. The van der Waals surface area contributed by atoms with E-state index >= 15 is 0 Å².